The number of hydrogen-bond acceptors (Lipinski definition) is 4. The van der Waals surface area contributed by atoms with Gasteiger partial charge in [0.05, 0.1) is 11.8 Å². The first-order valence-electron chi connectivity index (χ1n) is 5.68. The molecule has 20 heavy (non-hydrogen) atoms. The maximum absolute atomic E-state index is 12.7. The second-order valence-corrected chi connectivity index (χ2v) is 3.68. The van der Waals surface area contributed by atoms with Crippen LogP contribution in [0.15, 0.2) is 36.7 Å². The zero-order valence-corrected chi connectivity index (χ0v) is 10.3. The van der Waals surface area contributed by atoms with Gasteiger partial charge in [-0.05, 0) is 24.3 Å². The van der Waals surface area contributed by atoms with E-state index in [2.05, 4.69) is 27.1 Å². The molecule has 2 aromatic rings. The lowest BCUT2D eigenvalue weighted by Gasteiger charge is -2.05. The van der Waals surface area contributed by atoms with Crippen LogP contribution < -0.4 is 5.32 Å². The van der Waals surface area contributed by atoms with Gasteiger partial charge in [-0.3, -0.25) is 4.79 Å². The lowest BCUT2D eigenvalue weighted by atomic mass is 10.2. The number of aromatic nitrogens is 2. The molecule has 0 radical (unpaired) electrons. The first kappa shape index (κ1) is 13.6. The van der Waals surface area contributed by atoms with Gasteiger partial charge in [-0.2, -0.15) is 0 Å². The molecule has 2 N–H and O–H groups in total. The number of amides is 1. The van der Waals surface area contributed by atoms with Crippen molar-refractivity contribution in [3.8, 4) is 11.8 Å². The Morgan fingerprint density at radius 2 is 2.20 bits per heavy atom. The minimum absolute atomic E-state index is 0.111. The van der Waals surface area contributed by atoms with Gasteiger partial charge in [-0.25, -0.2) is 14.4 Å². The van der Waals surface area contributed by atoms with Crippen LogP contribution in [0.3, 0.4) is 0 Å². The first-order chi connectivity index (χ1) is 9.70. The Kier molecular flexibility index (Phi) is 4.37. The van der Waals surface area contributed by atoms with Crippen LogP contribution in [0.4, 0.5) is 10.2 Å². The zero-order valence-electron chi connectivity index (χ0n) is 10.3. The van der Waals surface area contributed by atoms with E-state index in [0.717, 1.165) is 6.20 Å². The van der Waals surface area contributed by atoms with Crippen LogP contribution in [0, 0.1) is 17.7 Å². The number of nitrogens with one attached hydrogen (secondary N) is 1. The van der Waals surface area contributed by atoms with Crippen molar-refractivity contribution < 1.29 is 14.3 Å². The summed E-state index contributed by atoms with van der Waals surface area (Å²) >= 11 is 0. The van der Waals surface area contributed by atoms with Crippen molar-refractivity contribution in [1.29, 1.82) is 0 Å². The summed E-state index contributed by atoms with van der Waals surface area (Å²) in [5.41, 5.74) is 0.501. The van der Waals surface area contributed by atoms with E-state index < -0.39 is 11.7 Å². The van der Waals surface area contributed by atoms with Crippen LogP contribution in [0.5, 0.6) is 0 Å². The monoisotopic (exact) mass is 271 g/mol. The Morgan fingerprint density at radius 1 is 1.35 bits per heavy atom. The fourth-order valence-electron chi connectivity index (χ4n) is 1.45. The lowest BCUT2D eigenvalue weighted by Crippen LogP contribution is -2.16. The smallest absolute Gasteiger partial charge is 0.276 e. The van der Waals surface area contributed by atoms with Gasteiger partial charge in [-0.1, -0.05) is 11.8 Å². The number of aliphatic hydroxyl groups is 1. The summed E-state index contributed by atoms with van der Waals surface area (Å²) in [5, 5.41) is 11.2. The number of anilines is 1. The summed E-state index contributed by atoms with van der Waals surface area (Å²) in [6.07, 6.45) is 2.46. The standard InChI is InChI=1S/C14H10FN3O2/c15-11-5-6-12(17-9-11)18-14(20)13-10(4-2-8-19)3-1-7-16-13/h1,3,5-7,9,19H,8H2,(H,17,18,20). The molecule has 0 spiro atoms. The van der Waals surface area contributed by atoms with Gasteiger partial charge in [0, 0.05) is 6.20 Å². The summed E-state index contributed by atoms with van der Waals surface area (Å²) in [4.78, 5) is 19.7. The minimum atomic E-state index is -0.507. The predicted molar refractivity (Wildman–Crippen MR) is 70.3 cm³/mol. The van der Waals surface area contributed by atoms with Gasteiger partial charge in [0.1, 0.15) is 23.9 Å². The Bertz CT molecular complexity index is 675. The molecule has 6 heteroatoms. The van der Waals surface area contributed by atoms with Crippen LogP contribution in [-0.2, 0) is 0 Å². The van der Waals surface area contributed by atoms with E-state index in [9.17, 15) is 9.18 Å². The average molecular weight is 271 g/mol. The van der Waals surface area contributed by atoms with E-state index in [-0.39, 0.29) is 18.1 Å². The number of rotatable bonds is 2. The predicted octanol–water partition coefficient (Wildman–Crippen LogP) is 1.21. The minimum Gasteiger partial charge on any atom is -0.384 e. The maximum atomic E-state index is 12.7. The van der Waals surface area contributed by atoms with Crippen molar-refractivity contribution in [1.82, 2.24) is 9.97 Å². The summed E-state index contributed by atoms with van der Waals surface area (Å²) in [6, 6.07) is 5.78. The molecule has 2 rings (SSSR count). The van der Waals surface area contributed by atoms with E-state index in [0.29, 0.717) is 5.56 Å². The summed E-state index contributed by atoms with van der Waals surface area (Å²) < 4.78 is 12.7. The second-order valence-electron chi connectivity index (χ2n) is 3.68. The number of halogens is 1. The maximum Gasteiger partial charge on any atom is 0.276 e. The average Bonchev–Trinajstić information content (AvgIpc) is 2.47. The van der Waals surface area contributed by atoms with Gasteiger partial charge in [0.25, 0.3) is 5.91 Å². The molecule has 5 nitrogen and oxygen atoms in total. The van der Waals surface area contributed by atoms with Gasteiger partial charge in [0.15, 0.2) is 0 Å². The molecular weight excluding hydrogens is 261 g/mol. The van der Waals surface area contributed by atoms with Gasteiger partial charge >= 0.3 is 0 Å². The summed E-state index contributed by atoms with van der Waals surface area (Å²) in [5.74, 6) is 4.30. The summed E-state index contributed by atoms with van der Waals surface area (Å²) in [6.45, 7) is -0.310. The van der Waals surface area contributed by atoms with Crippen LogP contribution >= 0.6 is 0 Å². The highest BCUT2D eigenvalue weighted by Crippen LogP contribution is 2.08. The molecule has 0 aliphatic rings. The first-order valence-corrected chi connectivity index (χ1v) is 5.68. The van der Waals surface area contributed by atoms with Crippen LogP contribution in [-0.4, -0.2) is 27.6 Å². The van der Waals surface area contributed by atoms with Crippen molar-refractivity contribution in [2.75, 3.05) is 11.9 Å². The largest absolute Gasteiger partial charge is 0.384 e. The Hall–Kier alpha value is -2.78. The highest BCUT2D eigenvalue weighted by molar-refractivity contribution is 6.03. The van der Waals surface area contributed by atoms with E-state index in [1.807, 2.05) is 0 Å². The molecule has 0 saturated heterocycles. The molecule has 2 heterocycles. The molecule has 0 atom stereocenters. The Balaban J connectivity index is 2.23. The van der Waals surface area contributed by atoms with Crippen LogP contribution in [0.1, 0.15) is 16.1 Å². The topological polar surface area (TPSA) is 75.1 Å². The second kappa shape index (κ2) is 6.41. The molecule has 2 aromatic heterocycles. The third-order valence-corrected chi connectivity index (χ3v) is 2.29. The lowest BCUT2D eigenvalue weighted by molar-refractivity contribution is 0.102. The molecule has 0 aliphatic carbocycles. The fraction of sp³-hybridized carbons (Fsp3) is 0.0714. The highest BCUT2D eigenvalue weighted by atomic mass is 19.1. The Morgan fingerprint density at radius 3 is 2.90 bits per heavy atom. The molecule has 1 amide bonds. The fourth-order valence-corrected chi connectivity index (χ4v) is 1.45. The van der Waals surface area contributed by atoms with E-state index in [4.69, 9.17) is 5.11 Å². The molecule has 0 aliphatic heterocycles. The number of nitrogens with zero attached hydrogens (tertiary/aromatic N) is 2. The van der Waals surface area contributed by atoms with Crippen molar-refractivity contribution in [3.63, 3.8) is 0 Å². The van der Waals surface area contributed by atoms with Gasteiger partial charge in [-0.15, -0.1) is 0 Å². The van der Waals surface area contributed by atoms with Crippen LogP contribution in [0.25, 0.3) is 0 Å². The number of hydrogen-bond donors (Lipinski definition) is 2. The molecule has 0 fully saturated rings. The molecular formula is C14H10FN3O2. The third kappa shape index (κ3) is 3.37. The molecule has 0 bridgehead atoms. The highest BCUT2D eigenvalue weighted by Gasteiger charge is 2.12. The van der Waals surface area contributed by atoms with Gasteiger partial charge < -0.3 is 10.4 Å². The van der Waals surface area contributed by atoms with Crippen molar-refractivity contribution in [3.05, 3.63) is 53.7 Å². The number of aliphatic hydroxyl groups excluding tert-OH is 1. The van der Waals surface area contributed by atoms with Crippen molar-refractivity contribution >= 4 is 11.7 Å². The normalized spacial score (nSPS) is 9.50. The molecule has 100 valence electrons. The van der Waals surface area contributed by atoms with Gasteiger partial charge in [0.2, 0.25) is 0 Å². The molecule has 0 saturated carbocycles. The number of pyridine rings is 2. The summed E-state index contributed by atoms with van der Waals surface area (Å²) in [7, 11) is 0. The molecule has 0 aromatic carbocycles. The van der Waals surface area contributed by atoms with Crippen molar-refractivity contribution in [2.24, 2.45) is 0 Å². The van der Waals surface area contributed by atoms with E-state index in [1.165, 1.54) is 18.3 Å². The number of carbonyl (C=O) groups excluding carboxylic acids is 1. The van der Waals surface area contributed by atoms with Crippen LogP contribution in [0.2, 0.25) is 0 Å². The SMILES string of the molecule is O=C(Nc1ccc(F)cn1)c1ncccc1C#CCO. The Labute approximate surface area is 114 Å². The van der Waals surface area contributed by atoms with E-state index in [1.54, 1.807) is 12.1 Å². The zero-order chi connectivity index (χ0) is 14.4. The van der Waals surface area contributed by atoms with Crippen molar-refractivity contribution in [2.45, 2.75) is 0 Å². The number of carbonyl (C=O) groups is 1. The molecule has 0 unspecified atom stereocenters. The quantitative estimate of drug-likeness (QED) is 0.805. The van der Waals surface area contributed by atoms with E-state index >= 15 is 0 Å². The third-order valence-electron chi connectivity index (χ3n) is 2.29.